The Balaban J connectivity index is 3.35. The van der Waals surface area contributed by atoms with E-state index >= 15 is 0 Å². The third-order valence-corrected chi connectivity index (χ3v) is 2.28. The highest BCUT2D eigenvalue weighted by molar-refractivity contribution is 14.1. The van der Waals surface area contributed by atoms with Crippen LogP contribution in [-0.2, 0) is 6.18 Å². The van der Waals surface area contributed by atoms with Gasteiger partial charge in [0.15, 0.2) is 5.82 Å². The third kappa shape index (κ3) is 2.06. The molecular formula is C6HF5IN. The molecule has 0 aliphatic heterocycles. The summed E-state index contributed by atoms with van der Waals surface area (Å²) in [5, 5.41) is 0. The number of pyridine rings is 1. The Morgan fingerprint density at radius 1 is 1.23 bits per heavy atom. The van der Waals surface area contributed by atoms with E-state index in [9.17, 15) is 22.0 Å². The average molecular weight is 309 g/mol. The maximum absolute atomic E-state index is 12.6. The van der Waals surface area contributed by atoms with Gasteiger partial charge in [0, 0.05) is 6.20 Å². The number of halogens is 6. The van der Waals surface area contributed by atoms with E-state index in [2.05, 4.69) is 4.98 Å². The first-order chi connectivity index (χ1) is 5.84. The molecule has 0 amide bonds. The van der Waals surface area contributed by atoms with Crippen LogP contribution in [0.5, 0.6) is 0 Å². The monoisotopic (exact) mass is 309 g/mol. The van der Waals surface area contributed by atoms with Crippen molar-refractivity contribution in [3.63, 3.8) is 0 Å². The Morgan fingerprint density at radius 2 is 1.77 bits per heavy atom. The van der Waals surface area contributed by atoms with Crippen molar-refractivity contribution in [2.45, 2.75) is 6.18 Å². The summed E-state index contributed by atoms with van der Waals surface area (Å²) in [6.45, 7) is 0. The summed E-state index contributed by atoms with van der Waals surface area (Å²) in [5.74, 6) is -3.10. The smallest absolute Gasteiger partial charge is 0.225 e. The second-order valence-electron chi connectivity index (χ2n) is 2.09. The second-order valence-corrected chi connectivity index (χ2v) is 3.17. The zero-order chi connectivity index (χ0) is 10.2. The molecule has 0 bridgehead atoms. The van der Waals surface area contributed by atoms with Crippen molar-refractivity contribution in [1.29, 1.82) is 0 Å². The molecule has 13 heavy (non-hydrogen) atoms. The lowest BCUT2D eigenvalue weighted by atomic mass is 10.3. The van der Waals surface area contributed by atoms with E-state index in [1.54, 1.807) is 0 Å². The van der Waals surface area contributed by atoms with Crippen molar-refractivity contribution >= 4 is 22.6 Å². The molecule has 0 saturated heterocycles. The molecule has 0 atom stereocenters. The zero-order valence-electron chi connectivity index (χ0n) is 5.79. The van der Waals surface area contributed by atoms with Crippen molar-refractivity contribution < 1.29 is 22.0 Å². The molecule has 0 radical (unpaired) electrons. The van der Waals surface area contributed by atoms with Gasteiger partial charge in [-0.2, -0.15) is 17.6 Å². The Morgan fingerprint density at radius 3 is 2.23 bits per heavy atom. The number of hydrogen-bond acceptors (Lipinski definition) is 1. The van der Waals surface area contributed by atoms with Gasteiger partial charge in [0.05, 0.1) is 9.13 Å². The molecule has 1 aromatic rings. The third-order valence-electron chi connectivity index (χ3n) is 1.22. The van der Waals surface area contributed by atoms with E-state index in [1.807, 2.05) is 0 Å². The molecule has 1 rings (SSSR count). The minimum atomic E-state index is -4.71. The van der Waals surface area contributed by atoms with E-state index in [4.69, 9.17) is 0 Å². The summed E-state index contributed by atoms with van der Waals surface area (Å²) >= 11 is 1.08. The highest BCUT2D eigenvalue weighted by atomic mass is 127. The SMILES string of the molecule is Fc1ncc(C(F)(F)F)c(I)c1F. The number of alkyl halides is 3. The standard InChI is InChI=1S/C6HF5IN/c7-3-4(12)2(6(9,10)11)1-13-5(3)8/h1H. The van der Waals surface area contributed by atoms with E-state index < -0.39 is 27.1 Å². The first kappa shape index (κ1) is 10.6. The van der Waals surface area contributed by atoms with Crippen LogP contribution in [0.15, 0.2) is 6.20 Å². The molecule has 0 saturated carbocycles. The van der Waals surface area contributed by atoms with E-state index in [0.29, 0.717) is 0 Å². The van der Waals surface area contributed by atoms with Crippen LogP contribution >= 0.6 is 22.6 Å². The Labute approximate surface area is 83.1 Å². The molecule has 1 aromatic heterocycles. The lowest BCUT2D eigenvalue weighted by Gasteiger charge is -2.08. The van der Waals surface area contributed by atoms with Gasteiger partial charge in [-0.05, 0) is 22.6 Å². The molecule has 72 valence electrons. The molecule has 7 heteroatoms. The Bertz CT molecular complexity index is 335. The topological polar surface area (TPSA) is 12.9 Å². The molecule has 0 fully saturated rings. The van der Waals surface area contributed by atoms with Gasteiger partial charge in [0.1, 0.15) is 0 Å². The highest BCUT2D eigenvalue weighted by Gasteiger charge is 2.35. The van der Waals surface area contributed by atoms with Gasteiger partial charge in [0.25, 0.3) is 0 Å². The molecule has 0 aromatic carbocycles. The van der Waals surface area contributed by atoms with Gasteiger partial charge >= 0.3 is 6.18 Å². The van der Waals surface area contributed by atoms with Crippen LogP contribution in [0.3, 0.4) is 0 Å². The summed E-state index contributed by atoms with van der Waals surface area (Å²) in [6, 6.07) is 0. The van der Waals surface area contributed by atoms with Crippen LogP contribution in [0.1, 0.15) is 5.56 Å². The highest BCUT2D eigenvalue weighted by Crippen LogP contribution is 2.33. The summed E-state index contributed by atoms with van der Waals surface area (Å²) in [6.07, 6.45) is -4.45. The molecular weight excluding hydrogens is 308 g/mol. The predicted molar refractivity (Wildman–Crippen MR) is 41.9 cm³/mol. The quantitative estimate of drug-likeness (QED) is 0.408. The van der Waals surface area contributed by atoms with Crippen LogP contribution in [0.2, 0.25) is 0 Å². The van der Waals surface area contributed by atoms with Crippen molar-refractivity contribution in [3.05, 3.63) is 27.1 Å². The van der Waals surface area contributed by atoms with E-state index in [0.717, 1.165) is 22.6 Å². The summed E-state index contributed by atoms with van der Waals surface area (Å²) in [7, 11) is 0. The molecule has 0 aliphatic rings. The largest absolute Gasteiger partial charge is 0.419 e. The predicted octanol–water partition coefficient (Wildman–Crippen LogP) is 2.98. The van der Waals surface area contributed by atoms with Crippen molar-refractivity contribution in [2.24, 2.45) is 0 Å². The minimum absolute atomic E-state index is 0.264. The van der Waals surface area contributed by atoms with Crippen LogP contribution in [-0.4, -0.2) is 4.98 Å². The van der Waals surface area contributed by atoms with Gasteiger partial charge in [0.2, 0.25) is 5.95 Å². The van der Waals surface area contributed by atoms with E-state index in [1.165, 1.54) is 0 Å². The maximum Gasteiger partial charge on any atom is 0.419 e. The van der Waals surface area contributed by atoms with Crippen molar-refractivity contribution in [2.75, 3.05) is 0 Å². The molecule has 1 nitrogen and oxygen atoms in total. The van der Waals surface area contributed by atoms with Gasteiger partial charge in [-0.1, -0.05) is 0 Å². The fourth-order valence-electron chi connectivity index (χ4n) is 0.641. The number of aromatic nitrogens is 1. The van der Waals surface area contributed by atoms with Gasteiger partial charge < -0.3 is 0 Å². The summed E-state index contributed by atoms with van der Waals surface area (Å²) in [5.41, 5.74) is -1.27. The molecule has 1 heterocycles. The van der Waals surface area contributed by atoms with Crippen LogP contribution in [0, 0.1) is 15.3 Å². The lowest BCUT2D eigenvalue weighted by Crippen LogP contribution is -2.11. The summed E-state index contributed by atoms with van der Waals surface area (Å²) < 4.78 is 60.1. The van der Waals surface area contributed by atoms with Crippen LogP contribution in [0.25, 0.3) is 0 Å². The average Bonchev–Trinajstić information content (AvgIpc) is 1.98. The van der Waals surface area contributed by atoms with Crippen molar-refractivity contribution in [1.82, 2.24) is 4.98 Å². The number of hydrogen-bond donors (Lipinski definition) is 0. The molecule has 0 unspecified atom stereocenters. The fourth-order valence-corrected chi connectivity index (χ4v) is 1.31. The normalized spacial score (nSPS) is 11.8. The van der Waals surface area contributed by atoms with E-state index in [-0.39, 0.29) is 6.20 Å². The molecule has 0 spiro atoms. The molecule has 0 aliphatic carbocycles. The second kappa shape index (κ2) is 3.35. The molecule has 0 N–H and O–H groups in total. The first-order valence-corrected chi connectivity index (χ1v) is 3.98. The number of nitrogens with zero attached hydrogens (tertiary/aromatic N) is 1. The first-order valence-electron chi connectivity index (χ1n) is 2.90. The Hall–Kier alpha value is -0.470. The minimum Gasteiger partial charge on any atom is -0.225 e. The summed E-state index contributed by atoms with van der Waals surface area (Å²) in [4.78, 5) is 2.64. The van der Waals surface area contributed by atoms with Gasteiger partial charge in [-0.3, -0.25) is 0 Å². The van der Waals surface area contributed by atoms with Crippen molar-refractivity contribution in [3.8, 4) is 0 Å². The zero-order valence-corrected chi connectivity index (χ0v) is 7.95. The lowest BCUT2D eigenvalue weighted by molar-refractivity contribution is -0.138. The van der Waals surface area contributed by atoms with Gasteiger partial charge in [-0.15, -0.1) is 0 Å². The van der Waals surface area contributed by atoms with Crippen LogP contribution in [0.4, 0.5) is 22.0 Å². The van der Waals surface area contributed by atoms with Crippen LogP contribution < -0.4 is 0 Å². The number of rotatable bonds is 0. The Kier molecular flexibility index (Phi) is 2.74. The maximum atomic E-state index is 12.6. The fraction of sp³-hybridized carbons (Fsp3) is 0.167. The van der Waals surface area contributed by atoms with Gasteiger partial charge in [-0.25, -0.2) is 9.37 Å².